The molecule has 102 valence electrons. The van der Waals surface area contributed by atoms with Gasteiger partial charge in [0.2, 0.25) is 5.28 Å². The predicted octanol–water partition coefficient (Wildman–Crippen LogP) is 3.64. The topological polar surface area (TPSA) is 30.7 Å². The van der Waals surface area contributed by atoms with Gasteiger partial charge in [-0.05, 0) is 11.6 Å². The molecule has 0 atom stereocenters. The highest BCUT2D eigenvalue weighted by Gasteiger charge is 2.25. The highest BCUT2D eigenvalue weighted by atomic mass is 35.5. The van der Waals surface area contributed by atoms with Gasteiger partial charge in [-0.15, -0.1) is 10.2 Å². The molecule has 0 unspecified atom stereocenters. The molecule has 0 fully saturated rings. The van der Waals surface area contributed by atoms with Crippen LogP contribution in [-0.4, -0.2) is 14.8 Å². The first-order chi connectivity index (χ1) is 8.71. The molecule has 7 heteroatoms. The number of hydrogen-bond donors (Lipinski definition) is 0. The van der Waals surface area contributed by atoms with Crippen molar-refractivity contribution in [3.63, 3.8) is 0 Å². The Hall–Kier alpha value is -1.56. The van der Waals surface area contributed by atoms with E-state index in [2.05, 4.69) is 10.2 Å². The van der Waals surface area contributed by atoms with Crippen molar-refractivity contribution in [3.05, 3.63) is 40.7 Å². The first kappa shape index (κ1) is 13.9. The smallest absolute Gasteiger partial charge is 0.229 e. The molecule has 0 aliphatic carbocycles. The molecule has 2 rings (SSSR count). The van der Waals surface area contributed by atoms with Crippen molar-refractivity contribution in [2.45, 2.75) is 26.2 Å². The number of rotatable bonds is 1. The third-order valence-electron chi connectivity index (χ3n) is 2.52. The van der Waals surface area contributed by atoms with Gasteiger partial charge in [0.25, 0.3) is 0 Å². The van der Waals surface area contributed by atoms with Crippen LogP contribution in [0.5, 0.6) is 0 Å². The summed E-state index contributed by atoms with van der Waals surface area (Å²) in [5.41, 5.74) is -0.405. The Balaban J connectivity index is 2.69. The average Bonchev–Trinajstić information content (AvgIpc) is 2.67. The molecule has 0 spiro atoms. The van der Waals surface area contributed by atoms with E-state index in [4.69, 9.17) is 11.6 Å². The van der Waals surface area contributed by atoms with Gasteiger partial charge in [-0.25, -0.2) is 13.2 Å². The van der Waals surface area contributed by atoms with Gasteiger partial charge in [0.15, 0.2) is 17.5 Å². The monoisotopic (exact) mass is 289 g/mol. The molecular formula is C12H11ClF3N3. The third kappa shape index (κ3) is 2.45. The number of aromatic nitrogens is 3. The van der Waals surface area contributed by atoms with Gasteiger partial charge in [-0.3, -0.25) is 4.57 Å². The quantitative estimate of drug-likeness (QED) is 0.751. The lowest BCUT2D eigenvalue weighted by Crippen LogP contribution is -2.18. The van der Waals surface area contributed by atoms with Crippen LogP contribution in [0.4, 0.5) is 13.2 Å². The number of benzene rings is 1. The maximum absolute atomic E-state index is 13.3. The maximum Gasteiger partial charge on any atom is 0.229 e. The van der Waals surface area contributed by atoms with Gasteiger partial charge in [-0.2, -0.15) is 0 Å². The highest BCUT2D eigenvalue weighted by molar-refractivity contribution is 6.28. The molecule has 3 nitrogen and oxygen atoms in total. The van der Waals surface area contributed by atoms with Crippen molar-refractivity contribution in [1.82, 2.24) is 14.8 Å². The lowest BCUT2D eigenvalue weighted by molar-refractivity contribution is 0.445. The van der Waals surface area contributed by atoms with Crippen LogP contribution in [-0.2, 0) is 5.41 Å². The maximum atomic E-state index is 13.3. The molecule has 1 heterocycles. The zero-order chi connectivity index (χ0) is 14.4. The molecule has 0 bridgehead atoms. The fourth-order valence-electron chi connectivity index (χ4n) is 1.65. The Bertz CT molecular complexity index is 609. The minimum Gasteiger partial charge on any atom is -0.269 e. The van der Waals surface area contributed by atoms with Crippen LogP contribution in [0.2, 0.25) is 5.28 Å². The van der Waals surface area contributed by atoms with Gasteiger partial charge >= 0.3 is 0 Å². The molecule has 0 aliphatic heterocycles. The van der Waals surface area contributed by atoms with E-state index >= 15 is 0 Å². The van der Waals surface area contributed by atoms with Crippen LogP contribution in [0.15, 0.2) is 12.1 Å². The molecule has 0 saturated heterocycles. The average molecular weight is 290 g/mol. The largest absolute Gasteiger partial charge is 0.269 e. The number of hydrogen-bond acceptors (Lipinski definition) is 2. The number of nitrogens with zero attached hydrogens (tertiary/aromatic N) is 3. The Morgan fingerprint density at radius 1 is 1.05 bits per heavy atom. The highest BCUT2D eigenvalue weighted by Crippen LogP contribution is 2.27. The zero-order valence-corrected chi connectivity index (χ0v) is 11.3. The van der Waals surface area contributed by atoms with Crippen molar-refractivity contribution >= 4 is 11.6 Å². The molecule has 2 aromatic rings. The third-order valence-corrected chi connectivity index (χ3v) is 2.77. The summed E-state index contributed by atoms with van der Waals surface area (Å²) >= 11 is 5.88. The summed E-state index contributed by atoms with van der Waals surface area (Å²) < 4.78 is 40.8. The summed E-state index contributed by atoms with van der Waals surface area (Å²) in [6.07, 6.45) is 0. The lowest BCUT2D eigenvalue weighted by Gasteiger charge is -2.19. The number of halogens is 4. The second-order valence-electron chi connectivity index (χ2n) is 5.10. The zero-order valence-electron chi connectivity index (χ0n) is 10.5. The van der Waals surface area contributed by atoms with Crippen LogP contribution in [0.25, 0.3) is 5.69 Å². The van der Waals surface area contributed by atoms with E-state index in [1.165, 1.54) is 4.57 Å². The summed E-state index contributed by atoms with van der Waals surface area (Å²) in [5, 5.41) is 7.52. The SMILES string of the molecule is CC(C)(C)c1nnc(Cl)n1-c1cc(F)c(F)c(F)c1. The van der Waals surface area contributed by atoms with E-state index in [-0.39, 0.29) is 11.0 Å². The van der Waals surface area contributed by atoms with E-state index in [1.807, 2.05) is 20.8 Å². The van der Waals surface area contributed by atoms with Crippen molar-refractivity contribution in [2.75, 3.05) is 0 Å². The van der Waals surface area contributed by atoms with E-state index < -0.39 is 22.9 Å². The van der Waals surface area contributed by atoms with Gasteiger partial charge in [-0.1, -0.05) is 20.8 Å². The summed E-state index contributed by atoms with van der Waals surface area (Å²) in [6.45, 7) is 5.54. The van der Waals surface area contributed by atoms with E-state index in [0.717, 1.165) is 12.1 Å². The second kappa shape index (κ2) is 4.52. The van der Waals surface area contributed by atoms with Crippen LogP contribution in [0, 0.1) is 17.5 Å². The summed E-state index contributed by atoms with van der Waals surface area (Å²) in [7, 11) is 0. The van der Waals surface area contributed by atoms with Crippen molar-refractivity contribution in [1.29, 1.82) is 0 Å². The molecule has 0 amide bonds. The Morgan fingerprint density at radius 3 is 2.05 bits per heavy atom. The van der Waals surface area contributed by atoms with Crippen molar-refractivity contribution in [3.8, 4) is 5.69 Å². The van der Waals surface area contributed by atoms with Gasteiger partial charge in [0.1, 0.15) is 5.82 Å². The Labute approximate surface area is 113 Å². The Morgan fingerprint density at radius 2 is 1.58 bits per heavy atom. The Kier molecular flexibility index (Phi) is 3.30. The van der Waals surface area contributed by atoms with Gasteiger partial charge in [0.05, 0.1) is 5.69 Å². The van der Waals surface area contributed by atoms with Gasteiger partial charge < -0.3 is 0 Å². The second-order valence-corrected chi connectivity index (χ2v) is 5.44. The normalized spacial score (nSPS) is 11.9. The van der Waals surface area contributed by atoms with Crippen LogP contribution in [0.1, 0.15) is 26.6 Å². The van der Waals surface area contributed by atoms with Crippen LogP contribution in [0.3, 0.4) is 0 Å². The molecular weight excluding hydrogens is 279 g/mol. The minimum atomic E-state index is -1.52. The first-order valence-electron chi connectivity index (χ1n) is 5.48. The first-order valence-corrected chi connectivity index (χ1v) is 5.86. The summed E-state index contributed by atoms with van der Waals surface area (Å²) in [5.74, 6) is -3.69. The summed E-state index contributed by atoms with van der Waals surface area (Å²) in [4.78, 5) is 0. The van der Waals surface area contributed by atoms with E-state index in [1.54, 1.807) is 0 Å². The minimum absolute atomic E-state index is 0.0383. The predicted molar refractivity (Wildman–Crippen MR) is 64.9 cm³/mol. The fourth-order valence-corrected chi connectivity index (χ4v) is 1.87. The van der Waals surface area contributed by atoms with E-state index in [0.29, 0.717) is 5.82 Å². The molecule has 0 saturated carbocycles. The molecule has 1 aromatic heterocycles. The lowest BCUT2D eigenvalue weighted by atomic mass is 9.95. The molecule has 1 aromatic carbocycles. The van der Waals surface area contributed by atoms with Crippen LogP contribution >= 0.6 is 11.6 Å². The fraction of sp³-hybridized carbons (Fsp3) is 0.333. The van der Waals surface area contributed by atoms with Gasteiger partial charge in [0, 0.05) is 17.5 Å². The van der Waals surface area contributed by atoms with Crippen LogP contribution < -0.4 is 0 Å². The van der Waals surface area contributed by atoms with E-state index in [9.17, 15) is 13.2 Å². The molecule has 0 aliphatic rings. The summed E-state index contributed by atoms with van der Waals surface area (Å²) in [6, 6.07) is 1.70. The molecule has 19 heavy (non-hydrogen) atoms. The van der Waals surface area contributed by atoms with Crippen molar-refractivity contribution < 1.29 is 13.2 Å². The molecule has 0 N–H and O–H groups in total. The molecule has 0 radical (unpaired) electrons. The van der Waals surface area contributed by atoms with Crippen molar-refractivity contribution in [2.24, 2.45) is 0 Å². The standard InChI is InChI=1S/C12H11ClF3N3/c1-12(2,3)10-17-18-11(13)19(10)6-4-7(14)9(16)8(15)5-6/h4-5H,1-3H3.